The molecule has 2 aromatic rings. The van der Waals surface area contributed by atoms with Gasteiger partial charge in [-0.1, -0.05) is 11.8 Å². The van der Waals surface area contributed by atoms with Crippen molar-refractivity contribution < 1.29 is 4.79 Å². The van der Waals surface area contributed by atoms with Crippen molar-refractivity contribution in [2.24, 2.45) is 5.73 Å². The lowest BCUT2D eigenvalue weighted by Crippen LogP contribution is -2.22. The molecule has 5 nitrogen and oxygen atoms in total. The first-order valence-electron chi connectivity index (χ1n) is 6.46. The van der Waals surface area contributed by atoms with Crippen LogP contribution in [0.3, 0.4) is 0 Å². The number of hydrogen-bond donors (Lipinski definition) is 2. The van der Waals surface area contributed by atoms with Crippen LogP contribution in [-0.4, -0.2) is 22.4 Å². The summed E-state index contributed by atoms with van der Waals surface area (Å²) in [6.07, 6.45) is 1.68. The molecule has 0 radical (unpaired) electrons. The van der Waals surface area contributed by atoms with Crippen molar-refractivity contribution in [3.8, 4) is 11.8 Å². The predicted molar refractivity (Wildman–Crippen MR) is 82.9 cm³/mol. The summed E-state index contributed by atoms with van der Waals surface area (Å²) >= 11 is 1.37. The number of carbonyl (C=O) groups excluding carboxylic acids is 1. The minimum Gasteiger partial charge on any atom is -0.346 e. The monoisotopic (exact) mass is 300 g/mol. The van der Waals surface area contributed by atoms with Gasteiger partial charge in [-0.3, -0.25) is 4.79 Å². The van der Waals surface area contributed by atoms with Gasteiger partial charge in [0.1, 0.15) is 5.82 Å². The van der Waals surface area contributed by atoms with Gasteiger partial charge in [-0.2, -0.15) is 0 Å². The fourth-order valence-corrected chi connectivity index (χ4v) is 2.67. The van der Waals surface area contributed by atoms with E-state index >= 15 is 0 Å². The number of carbonyl (C=O) groups is 1. The van der Waals surface area contributed by atoms with Crippen molar-refractivity contribution >= 4 is 17.2 Å². The largest absolute Gasteiger partial charge is 0.346 e. The zero-order chi connectivity index (χ0) is 15.2. The molecule has 0 aromatic carbocycles. The summed E-state index contributed by atoms with van der Waals surface area (Å²) < 4.78 is 0. The first-order valence-corrected chi connectivity index (χ1v) is 7.28. The second-order valence-electron chi connectivity index (χ2n) is 4.41. The van der Waals surface area contributed by atoms with Crippen molar-refractivity contribution in [3.63, 3.8) is 0 Å². The van der Waals surface area contributed by atoms with Gasteiger partial charge in [0.2, 0.25) is 0 Å². The molecule has 2 heterocycles. The Kier molecular flexibility index (Phi) is 5.04. The number of nitrogens with zero attached hydrogens (tertiary/aromatic N) is 2. The van der Waals surface area contributed by atoms with Gasteiger partial charge in [0, 0.05) is 6.20 Å². The molecule has 0 fully saturated rings. The minimum absolute atomic E-state index is 0.125. The molecule has 1 amide bonds. The van der Waals surface area contributed by atoms with Crippen LogP contribution < -0.4 is 11.1 Å². The number of aromatic nitrogens is 2. The maximum Gasteiger partial charge on any atom is 0.261 e. The summed E-state index contributed by atoms with van der Waals surface area (Å²) in [6.45, 7) is 4.44. The Labute approximate surface area is 127 Å². The first-order chi connectivity index (χ1) is 10.1. The van der Waals surface area contributed by atoms with Gasteiger partial charge in [-0.05, 0) is 31.5 Å². The van der Waals surface area contributed by atoms with E-state index in [4.69, 9.17) is 5.73 Å². The molecule has 0 unspecified atom stereocenters. The van der Waals surface area contributed by atoms with Crippen molar-refractivity contribution in [3.05, 3.63) is 45.2 Å². The highest BCUT2D eigenvalue weighted by Crippen LogP contribution is 2.20. The number of nitrogens with one attached hydrogen (secondary N) is 1. The Morgan fingerprint density at radius 2 is 2.29 bits per heavy atom. The summed E-state index contributed by atoms with van der Waals surface area (Å²) in [6, 6.07) is 3.62. The van der Waals surface area contributed by atoms with Crippen LogP contribution in [0, 0.1) is 25.7 Å². The van der Waals surface area contributed by atoms with Crippen LogP contribution in [0.25, 0.3) is 0 Å². The maximum absolute atomic E-state index is 12.1. The zero-order valence-electron chi connectivity index (χ0n) is 11.9. The Bertz CT molecular complexity index is 712. The summed E-state index contributed by atoms with van der Waals surface area (Å²) in [5.41, 5.74) is 7.13. The molecule has 0 spiro atoms. The van der Waals surface area contributed by atoms with E-state index in [2.05, 4.69) is 27.1 Å². The lowest BCUT2D eigenvalue weighted by Gasteiger charge is -2.03. The Hall–Kier alpha value is -2.23. The summed E-state index contributed by atoms with van der Waals surface area (Å²) in [4.78, 5) is 21.9. The normalized spacial score (nSPS) is 9.86. The standard InChI is InChI=1S/C15H16N4OS/c1-10-8-14(21-13(10)4-3-6-16)15(20)18-9-12-5-7-17-11(2)19-12/h5,7-8H,6,9,16H2,1-2H3,(H,18,20). The summed E-state index contributed by atoms with van der Waals surface area (Å²) in [5, 5.41) is 2.85. The van der Waals surface area contributed by atoms with Crippen LogP contribution in [0.5, 0.6) is 0 Å². The average Bonchev–Trinajstić information content (AvgIpc) is 2.84. The van der Waals surface area contributed by atoms with E-state index < -0.39 is 0 Å². The first kappa shape index (κ1) is 15.2. The second kappa shape index (κ2) is 6.97. The van der Waals surface area contributed by atoms with Gasteiger partial charge in [0.05, 0.1) is 28.5 Å². The molecule has 108 valence electrons. The Balaban J connectivity index is 2.04. The number of aryl methyl sites for hydroxylation is 2. The van der Waals surface area contributed by atoms with Crippen LogP contribution >= 0.6 is 11.3 Å². The molecule has 0 aliphatic heterocycles. The number of amides is 1. The maximum atomic E-state index is 12.1. The highest BCUT2D eigenvalue weighted by atomic mass is 32.1. The molecule has 0 aliphatic rings. The van der Waals surface area contributed by atoms with Crippen LogP contribution in [-0.2, 0) is 6.54 Å². The van der Waals surface area contributed by atoms with Gasteiger partial charge in [-0.25, -0.2) is 9.97 Å². The van der Waals surface area contributed by atoms with Crippen LogP contribution in [0.2, 0.25) is 0 Å². The smallest absolute Gasteiger partial charge is 0.261 e. The van der Waals surface area contributed by atoms with Crippen molar-refractivity contribution in [2.45, 2.75) is 20.4 Å². The van der Waals surface area contributed by atoms with Gasteiger partial charge in [-0.15, -0.1) is 11.3 Å². The topological polar surface area (TPSA) is 80.9 Å². The molecule has 2 aromatic heterocycles. The molecule has 6 heteroatoms. The summed E-state index contributed by atoms with van der Waals surface area (Å²) in [7, 11) is 0. The molecular formula is C15H16N4OS. The Morgan fingerprint density at radius 1 is 1.48 bits per heavy atom. The van der Waals surface area contributed by atoms with Crippen LogP contribution in [0.15, 0.2) is 18.3 Å². The summed E-state index contributed by atoms with van der Waals surface area (Å²) in [5.74, 6) is 6.34. The van der Waals surface area contributed by atoms with Gasteiger partial charge >= 0.3 is 0 Å². The molecular weight excluding hydrogens is 284 g/mol. The fraction of sp³-hybridized carbons (Fsp3) is 0.267. The van der Waals surface area contributed by atoms with E-state index in [1.165, 1.54) is 11.3 Å². The molecule has 0 bridgehead atoms. The Morgan fingerprint density at radius 3 is 3.00 bits per heavy atom. The lowest BCUT2D eigenvalue weighted by atomic mass is 10.2. The number of rotatable bonds is 3. The van der Waals surface area contributed by atoms with Crippen molar-refractivity contribution in [1.29, 1.82) is 0 Å². The van der Waals surface area contributed by atoms with E-state index in [0.29, 0.717) is 23.8 Å². The zero-order valence-corrected chi connectivity index (χ0v) is 12.8. The van der Waals surface area contributed by atoms with E-state index in [1.807, 2.05) is 19.9 Å². The fourth-order valence-electron chi connectivity index (χ4n) is 1.71. The van der Waals surface area contributed by atoms with Crippen LogP contribution in [0.1, 0.15) is 31.6 Å². The quantitative estimate of drug-likeness (QED) is 0.840. The molecule has 0 saturated carbocycles. The van der Waals surface area contributed by atoms with E-state index in [1.54, 1.807) is 12.3 Å². The van der Waals surface area contributed by atoms with Gasteiger partial charge < -0.3 is 11.1 Å². The number of hydrogen-bond acceptors (Lipinski definition) is 5. The van der Waals surface area contributed by atoms with E-state index in [0.717, 1.165) is 16.1 Å². The molecule has 0 atom stereocenters. The van der Waals surface area contributed by atoms with Crippen LogP contribution in [0.4, 0.5) is 0 Å². The third-order valence-corrected chi connectivity index (χ3v) is 3.86. The molecule has 2 rings (SSSR count). The lowest BCUT2D eigenvalue weighted by molar-refractivity contribution is 0.0954. The number of thiophene rings is 1. The third kappa shape index (κ3) is 4.12. The molecule has 0 saturated heterocycles. The second-order valence-corrected chi connectivity index (χ2v) is 5.46. The highest BCUT2D eigenvalue weighted by Gasteiger charge is 2.11. The molecule has 21 heavy (non-hydrogen) atoms. The van der Waals surface area contributed by atoms with E-state index in [9.17, 15) is 4.79 Å². The molecule has 0 aliphatic carbocycles. The third-order valence-electron chi connectivity index (χ3n) is 2.71. The van der Waals surface area contributed by atoms with Gasteiger partial charge in [0.25, 0.3) is 5.91 Å². The van der Waals surface area contributed by atoms with Gasteiger partial charge in [0.15, 0.2) is 0 Å². The van der Waals surface area contributed by atoms with Crippen molar-refractivity contribution in [2.75, 3.05) is 6.54 Å². The predicted octanol–water partition coefficient (Wildman–Crippen LogP) is 1.40. The van der Waals surface area contributed by atoms with E-state index in [-0.39, 0.29) is 5.91 Å². The highest BCUT2D eigenvalue weighted by molar-refractivity contribution is 7.14. The van der Waals surface area contributed by atoms with Crippen molar-refractivity contribution in [1.82, 2.24) is 15.3 Å². The average molecular weight is 300 g/mol. The number of nitrogens with two attached hydrogens (primary N) is 1. The SMILES string of the molecule is Cc1nccc(CNC(=O)c2cc(C)c(C#CCN)s2)n1. The molecule has 3 N–H and O–H groups in total. The minimum atomic E-state index is -0.125.